The van der Waals surface area contributed by atoms with E-state index in [1.807, 2.05) is 18.2 Å². The average molecular weight is 275 g/mol. The molecule has 6 heteroatoms. The summed E-state index contributed by atoms with van der Waals surface area (Å²) in [6.45, 7) is 7.56. The second-order valence-electron chi connectivity index (χ2n) is 5.60. The lowest BCUT2D eigenvalue weighted by atomic mass is 10.1. The molecule has 108 valence electrons. The van der Waals surface area contributed by atoms with Crippen LogP contribution in [0.25, 0.3) is 0 Å². The quantitative estimate of drug-likeness (QED) is 0.840. The molecule has 0 unspecified atom stereocenters. The zero-order valence-corrected chi connectivity index (χ0v) is 12.2. The van der Waals surface area contributed by atoms with Crippen LogP contribution in [-0.2, 0) is 13.0 Å². The van der Waals surface area contributed by atoms with Gasteiger partial charge in [0.1, 0.15) is 0 Å². The SMILES string of the molecule is CC(C)(C)NCc1nnc(NCCc2ccccn2)o1. The monoisotopic (exact) mass is 275 g/mol. The van der Waals surface area contributed by atoms with Gasteiger partial charge in [-0.15, -0.1) is 5.10 Å². The third kappa shape index (κ3) is 4.97. The second kappa shape index (κ2) is 6.47. The number of pyridine rings is 1. The van der Waals surface area contributed by atoms with E-state index in [4.69, 9.17) is 4.42 Å². The number of rotatable bonds is 6. The van der Waals surface area contributed by atoms with E-state index in [0.717, 1.165) is 12.1 Å². The van der Waals surface area contributed by atoms with E-state index < -0.39 is 0 Å². The summed E-state index contributed by atoms with van der Waals surface area (Å²) in [4.78, 5) is 4.25. The van der Waals surface area contributed by atoms with Crippen LogP contribution in [0.15, 0.2) is 28.8 Å². The van der Waals surface area contributed by atoms with Gasteiger partial charge in [-0.2, -0.15) is 0 Å². The number of anilines is 1. The first-order valence-electron chi connectivity index (χ1n) is 6.74. The molecule has 0 spiro atoms. The Kier molecular flexibility index (Phi) is 4.68. The van der Waals surface area contributed by atoms with Gasteiger partial charge in [-0.25, -0.2) is 0 Å². The molecule has 2 rings (SSSR count). The smallest absolute Gasteiger partial charge is 0.315 e. The number of nitrogens with one attached hydrogen (secondary N) is 2. The fourth-order valence-corrected chi connectivity index (χ4v) is 1.58. The summed E-state index contributed by atoms with van der Waals surface area (Å²) in [7, 11) is 0. The molecule has 2 aromatic heterocycles. The molecule has 0 saturated heterocycles. The Morgan fingerprint density at radius 2 is 2.05 bits per heavy atom. The van der Waals surface area contributed by atoms with Crippen LogP contribution in [0.5, 0.6) is 0 Å². The van der Waals surface area contributed by atoms with E-state index in [2.05, 4.69) is 46.6 Å². The second-order valence-corrected chi connectivity index (χ2v) is 5.60. The van der Waals surface area contributed by atoms with Crippen LogP contribution in [0, 0.1) is 0 Å². The molecule has 20 heavy (non-hydrogen) atoms. The van der Waals surface area contributed by atoms with E-state index in [1.54, 1.807) is 6.20 Å². The van der Waals surface area contributed by atoms with Crippen molar-refractivity contribution >= 4 is 6.01 Å². The molecule has 0 fully saturated rings. The molecule has 0 amide bonds. The standard InChI is InChI=1S/C14H21N5O/c1-14(2,3)17-10-12-18-19-13(20-12)16-9-7-11-6-4-5-8-15-11/h4-6,8,17H,7,9-10H2,1-3H3,(H,16,19). The Morgan fingerprint density at radius 3 is 2.75 bits per heavy atom. The van der Waals surface area contributed by atoms with Gasteiger partial charge >= 0.3 is 6.01 Å². The molecule has 0 atom stereocenters. The molecule has 2 aromatic rings. The van der Waals surface area contributed by atoms with Crippen LogP contribution in [0.3, 0.4) is 0 Å². The number of nitrogens with zero attached hydrogens (tertiary/aromatic N) is 3. The van der Waals surface area contributed by atoms with Crippen molar-refractivity contribution in [2.45, 2.75) is 39.3 Å². The lowest BCUT2D eigenvalue weighted by molar-refractivity contribution is 0.383. The van der Waals surface area contributed by atoms with Crippen molar-refractivity contribution in [1.29, 1.82) is 0 Å². The molecule has 0 bridgehead atoms. The summed E-state index contributed by atoms with van der Waals surface area (Å²) in [5.74, 6) is 0.584. The van der Waals surface area contributed by atoms with Crippen LogP contribution in [0.4, 0.5) is 6.01 Å². The van der Waals surface area contributed by atoms with E-state index in [1.165, 1.54) is 0 Å². The lowest BCUT2D eigenvalue weighted by Gasteiger charge is -2.18. The maximum atomic E-state index is 5.50. The Bertz CT molecular complexity index is 518. The number of hydrogen-bond acceptors (Lipinski definition) is 6. The van der Waals surface area contributed by atoms with Crippen molar-refractivity contribution in [3.05, 3.63) is 36.0 Å². The van der Waals surface area contributed by atoms with Gasteiger partial charge in [-0.1, -0.05) is 11.2 Å². The van der Waals surface area contributed by atoms with E-state index in [-0.39, 0.29) is 5.54 Å². The molecule has 2 N–H and O–H groups in total. The van der Waals surface area contributed by atoms with Crippen molar-refractivity contribution in [3.8, 4) is 0 Å². The van der Waals surface area contributed by atoms with Gasteiger partial charge in [0.05, 0.1) is 6.54 Å². The summed E-state index contributed by atoms with van der Waals surface area (Å²) in [6.07, 6.45) is 2.61. The maximum Gasteiger partial charge on any atom is 0.315 e. The number of hydrogen-bond donors (Lipinski definition) is 2. The van der Waals surface area contributed by atoms with Gasteiger partial charge in [0.25, 0.3) is 0 Å². The summed E-state index contributed by atoms with van der Waals surface area (Å²) < 4.78 is 5.50. The van der Waals surface area contributed by atoms with Crippen molar-refractivity contribution in [3.63, 3.8) is 0 Å². The van der Waals surface area contributed by atoms with E-state index in [9.17, 15) is 0 Å². The highest BCUT2D eigenvalue weighted by Crippen LogP contribution is 2.07. The molecular formula is C14H21N5O. The largest absolute Gasteiger partial charge is 0.407 e. The molecule has 0 radical (unpaired) electrons. The zero-order valence-electron chi connectivity index (χ0n) is 12.2. The van der Waals surface area contributed by atoms with Gasteiger partial charge in [-0.05, 0) is 32.9 Å². The van der Waals surface area contributed by atoms with Gasteiger partial charge in [0.2, 0.25) is 5.89 Å². The van der Waals surface area contributed by atoms with Gasteiger partial charge in [0.15, 0.2) is 0 Å². The Labute approximate surface area is 119 Å². The summed E-state index contributed by atoms with van der Waals surface area (Å²) in [6, 6.07) is 6.33. The first kappa shape index (κ1) is 14.5. The predicted octanol–water partition coefficient (Wildman–Crippen LogP) is 2.01. The summed E-state index contributed by atoms with van der Waals surface area (Å²) in [5.41, 5.74) is 1.07. The minimum absolute atomic E-state index is 0.0288. The van der Waals surface area contributed by atoms with Crippen LogP contribution < -0.4 is 10.6 Å². The van der Waals surface area contributed by atoms with Gasteiger partial charge in [0, 0.05) is 30.4 Å². The molecule has 0 aliphatic heterocycles. The van der Waals surface area contributed by atoms with E-state index in [0.29, 0.717) is 25.0 Å². The summed E-state index contributed by atoms with van der Waals surface area (Å²) >= 11 is 0. The third-order valence-electron chi connectivity index (χ3n) is 2.62. The first-order valence-corrected chi connectivity index (χ1v) is 6.74. The normalized spacial score (nSPS) is 11.6. The molecular weight excluding hydrogens is 254 g/mol. The first-order chi connectivity index (χ1) is 9.53. The molecule has 0 aliphatic rings. The lowest BCUT2D eigenvalue weighted by Crippen LogP contribution is -2.35. The topological polar surface area (TPSA) is 75.9 Å². The average Bonchev–Trinajstić information content (AvgIpc) is 2.85. The molecule has 0 aromatic carbocycles. The maximum absolute atomic E-state index is 5.50. The zero-order chi connectivity index (χ0) is 14.4. The Morgan fingerprint density at radius 1 is 1.20 bits per heavy atom. The molecule has 0 saturated carbocycles. The highest BCUT2D eigenvalue weighted by atomic mass is 16.4. The third-order valence-corrected chi connectivity index (χ3v) is 2.62. The molecule has 6 nitrogen and oxygen atoms in total. The minimum atomic E-state index is 0.0288. The predicted molar refractivity (Wildman–Crippen MR) is 77.3 cm³/mol. The summed E-state index contributed by atoms with van der Waals surface area (Å²) in [5, 5.41) is 14.3. The van der Waals surface area contributed by atoms with Crippen molar-refractivity contribution < 1.29 is 4.42 Å². The van der Waals surface area contributed by atoms with Gasteiger partial charge in [-0.3, -0.25) is 4.98 Å². The fraction of sp³-hybridized carbons (Fsp3) is 0.500. The van der Waals surface area contributed by atoms with Crippen molar-refractivity contribution in [2.75, 3.05) is 11.9 Å². The van der Waals surface area contributed by atoms with Crippen LogP contribution in [-0.4, -0.2) is 27.3 Å². The Balaban J connectivity index is 1.75. The van der Waals surface area contributed by atoms with Crippen LogP contribution in [0.2, 0.25) is 0 Å². The molecule has 2 heterocycles. The van der Waals surface area contributed by atoms with Crippen molar-refractivity contribution in [2.24, 2.45) is 0 Å². The highest BCUT2D eigenvalue weighted by molar-refractivity contribution is 5.17. The van der Waals surface area contributed by atoms with Crippen LogP contribution >= 0.6 is 0 Å². The van der Waals surface area contributed by atoms with Crippen LogP contribution in [0.1, 0.15) is 32.4 Å². The Hall–Kier alpha value is -1.95. The fourth-order valence-electron chi connectivity index (χ4n) is 1.58. The minimum Gasteiger partial charge on any atom is -0.407 e. The number of aromatic nitrogens is 3. The van der Waals surface area contributed by atoms with Gasteiger partial charge < -0.3 is 15.1 Å². The molecule has 0 aliphatic carbocycles. The van der Waals surface area contributed by atoms with E-state index >= 15 is 0 Å². The highest BCUT2D eigenvalue weighted by Gasteiger charge is 2.11. The van der Waals surface area contributed by atoms with Crippen molar-refractivity contribution in [1.82, 2.24) is 20.5 Å².